The van der Waals surface area contributed by atoms with E-state index in [1.54, 1.807) is 19.1 Å². The van der Waals surface area contributed by atoms with Gasteiger partial charge in [-0.25, -0.2) is 9.18 Å². The van der Waals surface area contributed by atoms with Crippen LogP contribution in [0.2, 0.25) is 0 Å². The van der Waals surface area contributed by atoms with E-state index in [4.69, 9.17) is 4.74 Å². The second kappa shape index (κ2) is 5.34. The number of alkyl carbamates (subject to hydrolysis) is 1. The lowest BCUT2D eigenvalue weighted by atomic mass is 10.1. The Morgan fingerprint density at radius 1 is 1.47 bits per heavy atom. The molecule has 1 atom stereocenters. The lowest BCUT2D eigenvalue weighted by Crippen LogP contribution is -2.27. The monoisotopic (exact) mass is 211 g/mol. The maximum Gasteiger partial charge on any atom is 0.407 e. The van der Waals surface area contributed by atoms with Gasteiger partial charge in [0.15, 0.2) is 0 Å². The van der Waals surface area contributed by atoms with E-state index in [1.807, 2.05) is 6.92 Å². The summed E-state index contributed by atoms with van der Waals surface area (Å²) in [7, 11) is 0. The van der Waals surface area contributed by atoms with Crippen molar-refractivity contribution in [2.75, 3.05) is 6.61 Å². The highest BCUT2D eigenvalue weighted by Crippen LogP contribution is 2.12. The zero-order valence-corrected chi connectivity index (χ0v) is 8.79. The summed E-state index contributed by atoms with van der Waals surface area (Å²) in [6.07, 6.45) is -0.464. The third kappa shape index (κ3) is 3.58. The van der Waals surface area contributed by atoms with Crippen LogP contribution in [0.5, 0.6) is 0 Å². The molecule has 1 aromatic rings. The number of hydrogen-bond donors (Lipinski definition) is 1. The Kier molecular flexibility index (Phi) is 4.09. The number of carbonyl (C=O) groups excluding carboxylic acids is 1. The van der Waals surface area contributed by atoms with Gasteiger partial charge in [0.1, 0.15) is 5.82 Å². The molecule has 0 bridgehead atoms. The number of hydrogen-bond acceptors (Lipinski definition) is 2. The number of halogens is 1. The summed E-state index contributed by atoms with van der Waals surface area (Å²) >= 11 is 0. The van der Waals surface area contributed by atoms with Crippen molar-refractivity contribution in [2.24, 2.45) is 0 Å². The summed E-state index contributed by atoms with van der Waals surface area (Å²) in [5.74, 6) is -0.290. The lowest BCUT2D eigenvalue weighted by Gasteiger charge is -2.13. The Labute approximate surface area is 88.2 Å². The highest BCUT2D eigenvalue weighted by atomic mass is 19.1. The van der Waals surface area contributed by atoms with Crippen LogP contribution < -0.4 is 5.32 Å². The summed E-state index contributed by atoms with van der Waals surface area (Å²) in [6, 6.07) is 5.79. The Morgan fingerprint density at radius 3 is 2.60 bits per heavy atom. The van der Waals surface area contributed by atoms with Crippen molar-refractivity contribution in [3.05, 3.63) is 35.6 Å². The summed E-state index contributed by atoms with van der Waals surface area (Å²) in [5, 5.41) is 2.63. The number of ether oxygens (including phenoxy) is 1. The minimum atomic E-state index is -0.464. The third-order valence-electron chi connectivity index (χ3n) is 1.98. The molecule has 0 heterocycles. The molecule has 1 amide bonds. The maximum absolute atomic E-state index is 12.6. The molecular formula is C11H14FNO2. The number of carbonyl (C=O) groups is 1. The fourth-order valence-electron chi connectivity index (χ4n) is 1.18. The molecule has 0 radical (unpaired) electrons. The number of benzene rings is 1. The molecule has 0 aliphatic rings. The molecule has 0 unspecified atom stereocenters. The minimum absolute atomic E-state index is 0.190. The van der Waals surface area contributed by atoms with Gasteiger partial charge in [-0.3, -0.25) is 0 Å². The van der Waals surface area contributed by atoms with Crippen molar-refractivity contribution in [1.29, 1.82) is 0 Å². The van der Waals surface area contributed by atoms with Crippen LogP contribution in [0.25, 0.3) is 0 Å². The smallest absolute Gasteiger partial charge is 0.407 e. The van der Waals surface area contributed by atoms with Crippen molar-refractivity contribution in [1.82, 2.24) is 5.32 Å². The van der Waals surface area contributed by atoms with Crippen molar-refractivity contribution in [3.63, 3.8) is 0 Å². The molecule has 1 rings (SSSR count). The van der Waals surface area contributed by atoms with Gasteiger partial charge in [0.05, 0.1) is 12.6 Å². The van der Waals surface area contributed by atoms with Crippen LogP contribution >= 0.6 is 0 Å². The van der Waals surface area contributed by atoms with Gasteiger partial charge in [-0.15, -0.1) is 0 Å². The Balaban J connectivity index is 2.57. The average Bonchev–Trinajstić information content (AvgIpc) is 2.18. The van der Waals surface area contributed by atoms with E-state index in [2.05, 4.69) is 5.32 Å². The fraction of sp³-hybridized carbons (Fsp3) is 0.364. The van der Waals surface area contributed by atoms with Crippen LogP contribution in [-0.2, 0) is 4.74 Å². The Hall–Kier alpha value is -1.58. The van der Waals surface area contributed by atoms with E-state index < -0.39 is 6.09 Å². The number of nitrogens with one attached hydrogen (secondary N) is 1. The second-order valence-corrected chi connectivity index (χ2v) is 3.14. The maximum atomic E-state index is 12.6. The van der Waals surface area contributed by atoms with Gasteiger partial charge in [0.2, 0.25) is 0 Å². The van der Waals surface area contributed by atoms with Crippen LogP contribution in [0.15, 0.2) is 24.3 Å². The van der Waals surface area contributed by atoms with Crippen LogP contribution in [0.1, 0.15) is 25.5 Å². The molecule has 0 aliphatic carbocycles. The molecule has 3 nitrogen and oxygen atoms in total. The summed E-state index contributed by atoms with van der Waals surface area (Å²) < 4.78 is 17.4. The van der Waals surface area contributed by atoms with E-state index in [1.165, 1.54) is 12.1 Å². The topological polar surface area (TPSA) is 38.3 Å². The van der Waals surface area contributed by atoms with Crippen LogP contribution in [0.4, 0.5) is 9.18 Å². The first-order chi connectivity index (χ1) is 7.13. The van der Waals surface area contributed by atoms with Crippen molar-refractivity contribution >= 4 is 6.09 Å². The summed E-state index contributed by atoms with van der Waals surface area (Å²) in [6.45, 7) is 3.88. The fourth-order valence-corrected chi connectivity index (χ4v) is 1.18. The normalized spacial score (nSPS) is 11.9. The average molecular weight is 211 g/mol. The third-order valence-corrected chi connectivity index (χ3v) is 1.98. The zero-order chi connectivity index (χ0) is 11.3. The molecular weight excluding hydrogens is 197 g/mol. The number of rotatable bonds is 3. The lowest BCUT2D eigenvalue weighted by molar-refractivity contribution is 0.149. The Morgan fingerprint density at radius 2 is 2.07 bits per heavy atom. The van der Waals surface area contributed by atoms with E-state index in [0.29, 0.717) is 6.61 Å². The van der Waals surface area contributed by atoms with E-state index in [9.17, 15) is 9.18 Å². The predicted molar refractivity (Wildman–Crippen MR) is 55.0 cm³/mol. The van der Waals surface area contributed by atoms with Crippen molar-refractivity contribution in [3.8, 4) is 0 Å². The first-order valence-corrected chi connectivity index (χ1v) is 4.82. The van der Waals surface area contributed by atoms with Crippen LogP contribution in [0.3, 0.4) is 0 Å². The van der Waals surface area contributed by atoms with Gasteiger partial charge in [-0.1, -0.05) is 12.1 Å². The zero-order valence-electron chi connectivity index (χ0n) is 8.79. The highest BCUT2D eigenvalue weighted by Gasteiger charge is 2.09. The van der Waals surface area contributed by atoms with E-state index in [-0.39, 0.29) is 11.9 Å². The second-order valence-electron chi connectivity index (χ2n) is 3.14. The molecule has 1 N–H and O–H groups in total. The van der Waals surface area contributed by atoms with E-state index >= 15 is 0 Å². The van der Waals surface area contributed by atoms with Gasteiger partial charge < -0.3 is 10.1 Å². The molecule has 0 aliphatic heterocycles. The molecule has 0 spiro atoms. The van der Waals surface area contributed by atoms with Crippen LogP contribution in [0, 0.1) is 5.82 Å². The quantitative estimate of drug-likeness (QED) is 0.834. The first kappa shape index (κ1) is 11.5. The van der Waals surface area contributed by atoms with Crippen molar-refractivity contribution < 1.29 is 13.9 Å². The predicted octanol–water partition coefficient (Wildman–Crippen LogP) is 2.63. The van der Waals surface area contributed by atoms with Crippen LogP contribution in [-0.4, -0.2) is 12.7 Å². The van der Waals surface area contributed by atoms with Gasteiger partial charge in [-0.05, 0) is 31.5 Å². The summed E-state index contributed by atoms with van der Waals surface area (Å²) in [4.78, 5) is 11.1. The summed E-state index contributed by atoms with van der Waals surface area (Å²) in [5.41, 5.74) is 0.837. The first-order valence-electron chi connectivity index (χ1n) is 4.82. The SMILES string of the molecule is CCOC(=O)N[C@@H](C)c1ccc(F)cc1. The van der Waals surface area contributed by atoms with Gasteiger partial charge in [0, 0.05) is 0 Å². The van der Waals surface area contributed by atoms with Gasteiger partial charge in [0.25, 0.3) is 0 Å². The molecule has 0 fully saturated rings. The molecule has 15 heavy (non-hydrogen) atoms. The molecule has 0 saturated heterocycles. The molecule has 0 saturated carbocycles. The largest absolute Gasteiger partial charge is 0.450 e. The van der Waals surface area contributed by atoms with Crippen molar-refractivity contribution in [2.45, 2.75) is 19.9 Å². The standard InChI is InChI=1S/C11H14FNO2/c1-3-15-11(14)13-8(2)9-4-6-10(12)7-5-9/h4-8H,3H2,1-2H3,(H,13,14)/t8-/m0/s1. The highest BCUT2D eigenvalue weighted by molar-refractivity contribution is 5.67. The van der Waals surface area contributed by atoms with Gasteiger partial charge in [-0.2, -0.15) is 0 Å². The Bertz CT molecular complexity index is 324. The molecule has 0 aromatic heterocycles. The minimum Gasteiger partial charge on any atom is -0.450 e. The molecule has 82 valence electrons. The van der Waals surface area contributed by atoms with Gasteiger partial charge >= 0.3 is 6.09 Å². The molecule has 1 aromatic carbocycles. The van der Waals surface area contributed by atoms with E-state index in [0.717, 1.165) is 5.56 Å². The molecule has 4 heteroatoms. The number of amides is 1.